The molecular weight excluding hydrogens is 305 g/mol. The van der Waals surface area contributed by atoms with E-state index in [1.165, 1.54) is 13.2 Å². The maximum atomic E-state index is 12.7. The van der Waals surface area contributed by atoms with Crippen molar-refractivity contribution in [3.05, 3.63) is 18.2 Å². The molecule has 20 heavy (non-hydrogen) atoms. The van der Waals surface area contributed by atoms with Gasteiger partial charge in [0.25, 0.3) is 5.91 Å². The standard InChI is InChI=1S/C12H12FNO4S.H2S/c1-17-8-3-2-7(6-10(8)19-13)18-9-4-5-11(15)14-12(9)16;/h2-3,6,9H,4-5H2,1H3,(H,14,15,16);1H2. The summed E-state index contributed by atoms with van der Waals surface area (Å²) in [6.07, 6.45) is -0.185. The summed E-state index contributed by atoms with van der Waals surface area (Å²) in [6.45, 7) is 0. The highest BCUT2D eigenvalue weighted by molar-refractivity contribution is 7.94. The predicted octanol–water partition coefficient (Wildman–Crippen LogP) is 1.97. The summed E-state index contributed by atoms with van der Waals surface area (Å²) in [4.78, 5) is 22.8. The Kier molecular flexibility index (Phi) is 6.15. The number of piperidine rings is 1. The van der Waals surface area contributed by atoms with Crippen molar-refractivity contribution in [1.82, 2.24) is 5.32 Å². The molecule has 8 heteroatoms. The van der Waals surface area contributed by atoms with Crippen LogP contribution >= 0.6 is 25.6 Å². The second-order valence-corrected chi connectivity index (χ2v) is 4.54. The molecule has 1 saturated heterocycles. The largest absolute Gasteiger partial charge is 0.495 e. The Morgan fingerprint density at radius 2 is 2.15 bits per heavy atom. The number of rotatable bonds is 4. The van der Waals surface area contributed by atoms with E-state index in [1.54, 1.807) is 12.1 Å². The smallest absolute Gasteiger partial charge is 0.267 e. The highest BCUT2D eigenvalue weighted by Gasteiger charge is 2.28. The van der Waals surface area contributed by atoms with Crippen molar-refractivity contribution in [2.24, 2.45) is 0 Å². The van der Waals surface area contributed by atoms with Crippen LogP contribution in [0, 0.1) is 0 Å². The average molecular weight is 319 g/mol. The first-order valence-corrected chi connectivity index (χ1v) is 6.32. The van der Waals surface area contributed by atoms with Gasteiger partial charge in [0.2, 0.25) is 5.91 Å². The van der Waals surface area contributed by atoms with E-state index in [2.05, 4.69) is 5.32 Å². The van der Waals surface area contributed by atoms with Gasteiger partial charge in [-0.1, -0.05) is 0 Å². The minimum Gasteiger partial charge on any atom is -0.495 e. The first kappa shape index (κ1) is 16.6. The molecule has 2 rings (SSSR count). The normalized spacial score (nSPS) is 18.0. The first-order chi connectivity index (χ1) is 9.13. The molecule has 1 aromatic rings. The summed E-state index contributed by atoms with van der Waals surface area (Å²) in [5.41, 5.74) is 0. The number of amides is 2. The van der Waals surface area contributed by atoms with Gasteiger partial charge >= 0.3 is 0 Å². The first-order valence-electron chi connectivity index (χ1n) is 5.61. The van der Waals surface area contributed by atoms with Crippen LogP contribution in [0.1, 0.15) is 12.8 Å². The van der Waals surface area contributed by atoms with Crippen molar-refractivity contribution in [2.75, 3.05) is 7.11 Å². The van der Waals surface area contributed by atoms with Gasteiger partial charge in [0, 0.05) is 18.9 Å². The summed E-state index contributed by atoms with van der Waals surface area (Å²) in [5.74, 6) is -0.0281. The maximum Gasteiger partial charge on any atom is 0.267 e. The van der Waals surface area contributed by atoms with Crippen LogP contribution in [-0.2, 0) is 9.59 Å². The number of ether oxygens (including phenoxy) is 2. The molecule has 110 valence electrons. The van der Waals surface area contributed by atoms with E-state index in [9.17, 15) is 13.5 Å². The molecule has 0 radical (unpaired) electrons. The minimum absolute atomic E-state index is 0. The van der Waals surface area contributed by atoms with Gasteiger partial charge in [-0.05, 0) is 12.1 Å². The molecule has 1 atom stereocenters. The fourth-order valence-corrected chi connectivity index (χ4v) is 2.13. The predicted molar refractivity (Wildman–Crippen MR) is 77.1 cm³/mol. The lowest BCUT2D eigenvalue weighted by atomic mass is 10.1. The zero-order valence-corrected chi connectivity index (χ0v) is 12.5. The molecular formula is C12H14FNO4S2. The summed E-state index contributed by atoms with van der Waals surface area (Å²) in [6, 6.07) is 4.60. The fourth-order valence-electron chi connectivity index (χ4n) is 1.74. The van der Waals surface area contributed by atoms with Gasteiger partial charge in [0.1, 0.15) is 11.5 Å². The molecule has 0 aliphatic carbocycles. The Bertz CT molecular complexity index is 512. The molecule has 1 fully saturated rings. The SMILES string of the molecule is COc1ccc(OC2CCC(=O)NC2=O)cc1SF.S. The number of carbonyl (C=O) groups is 2. The molecule has 0 saturated carbocycles. The lowest BCUT2D eigenvalue weighted by molar-refractivity contribution is -0.138. The van der Waals surface area contributed by atoms with Crippen LogP contribution in [-0.4, -0.2) is 25.0 Å². The lowest BCUT2D eigenvalue weighted by Crippen LogP contribution is -2.46. The van der Waals surface area contributed by atoms with Gasteiger partial charge in [-0.2, -0.15) is 17.4 Å². The van der Waals surface area contributed by atoms with Crippen LogP contribution in [0.5, 0.6) is 11.5 Å². The topological polar surface area (TPSA) is 64.6 Å². The molecule has 1 unspecified atom stereocenters. The zero-order chi connectivity index (χ0) is 13.8. The van der Waals surface area contributed by atoms with Crippen molar-refractivity contribution in [3.63, 3.8) is 0 Å². The third kappa shape index (κ3) is 3.80. The average Bonchev–Trinajstić information content (AvgIpc) is 2.41. The Morgan fingerprint density at radius 3 is 2.75 bits per heavy atom. The van der Waals surface area contributed by atoms with Gasteiger partial charge in [-0.25, -0.2) is 0 Å². The van der Waals surface area contributed by atoms with Crippen LogP contribution in [0.25, 0.3) is 0 Å². The number of benzene rings is 1. The van der Waals surface area contributed by atoms with E-state index in [-0.39, 0.29) is 42.9 Å². The van der Waals surface area contributed by atoms with Crippen LogP contribution in [0.2, 0.25) is 0 Å². The molecule has 1 aromatic carbocycles. The minimum atomic E-state index is -0.733. The Labute approximate surface area is 126 Å². The second kappa shape index (κ2) is 7.39. The number of hydrogen-bond donors (Lipinski definition) is 1. The van der Waals surface area contributed by atoms with Crippen LogP contribution in [0.3, 0.4) is 0 Å². The van der Waals surface area contributed by atoms with Crippen LogP contribution in [0.15, 0.2) is 23.1 Å². The number of methoxy groups -OCH3 is 1. The number of hydrogen-bond acceptors (Lipinski definition) is 5. The summed E-state index contributed by atoms with van der Waals surface area (Å²) in [7, 11) is 1.44. The monoisotopic (exact) mass is 319 g/mol. The van der Waals surface area contributed by atoms with Gasteiger partial charge in [0.15, 0.2) is 6.10 Å². The molecule has 2 amide bonds. The van der Waals surface area contributed by atoms with Gasteiger partial charge in [-0.15, -0.1) is 0 Å². The quantitative estimate of drug-likeness (QED) is 0.860. The van der Waals surface area contributed by atoms with Crippen LogP contribution < -0.4 is 14.8 Å². The molecule has 1 N–H and O–H groups in total. The number of nitrogens with one attached hydrogen (secondary N) is 1. The molecule has 1 aliphatic rings. The van der Waals surface area contributed by atoms with Crippen molar-refractivity contribution in [1.29, 1.82) is 0 Å². The van der Waals surface area contributed by atoms with E-state index >= 15 is 0 Å². The fraction of sp³-hybridized carbons (Fsp3) is 0.333. The molecule has 1 heterocycles. The summed E-state index contributed by atoms with van der Waals surface area (Å²) < 4.78 is 23.2. The maximum absolute atomic E-state index is 12.7. The Morgan fingerprint density at radius 1 is 1.40 bits per heavy atom. The highest BCUT2D eigenvalue weighted by Crippen LogP contribution is 2.33. The third-order valence-corrected chi connectivity index (χ3v) is 3.17. The summed E-state index contributed by atoms with van der Waals surface area (Å²) in [5, 5.41) is 2.19. The van der Waals surface area contributed by atoms with Crippen molar-refractivity contribution in [2.45, 2.75) is 23.8 Å². The van der Waals surface area contributed by atoms with E-state index in [1.807, 2.05) is 0 Å². The van der Waals surface area contributed by atoms with Crippen molar-refractivity contribution >= 4 is 37.5 Å². The molecule has 1 aliphatic heterocycles. The van der Waals surface area contributed by atoms with Gasteiger partial charge in [-0.3, -0.25) is 14.9 Å². The van der Waals surface area contributed by atoms with Gasteiger partial charge < -0.3 is 9.47 Å². The molecule has 0 aromatic heterocycles. The lowest BCUT2D eigenvalue weighted by Gasteiger charge is -2.22. The third-order valence-electron chi connectivity index (χ3n) is 2.69. The Hall–Kier alpha value is -1.41. The molecule has 5 nitrogen and oxygen atoms in total. The van der Waals surface area contributed by atoms with E-state index in [4.69, 9.17) is 9.47 Å². The highest BCUT2D eigenvalue weighted by atomic mass is 32.2. The van der Waals surface area contributed by atoms with E-state index in [0.29, 0.717) is 17.9 Å². The zero-order valence-electron chi connectivity index (χ0n) is 10.6. The number of halogens is 1. The Balaban J connectivity index is 0.00000200. The number of carbonyl (C=O) groups excluding carboxylic acids is 2. The van der Waals surface area contributed by atoms with E-state index < -0.39 is 12.0 Å². The molecule has 0 spiro atoms. The van der Waals surface area contributed by atoms with E-state index in [0.717, 1.165) is 0 Å². The second-order valence-electron chi connectivity index (χ2n) is 3.95. The van der Waals surface area contributed by atoms with Crippen molar-refractivity contribution in [3.8, 4) is 11.5 Å². The molecule has 0 bridgehead atoms. The number of imide groups is 1. The van der Waals surface area contributed by atoms with Crippen LogP contribution in [0.4, 0.5) is 3.89 Å². The van der Waals surface area contributed by atoms with Gasteiger partial charge in [0.05, 0.1) is 24.2 Å². The summed E-state index contributed by atoms with van der Waals surface area (Å²) >= 11 is 0.0377. The van der Waals surface area contributed by atoms with Crippen molar-refractivity contribution < 1.29 is 22.9 Å².